The Balaban J connectivity index is 1.68. The van der Waals surface area contributed by atoms with Crippen LogP contribution in [0.4, 0.5) is 4.79 Å². The van der Waals surface area contributed by atoms with Gasteiger partial charge in [-0.15, -0.1) is 0 Å². The lowest BCUT2D eigenvalue weighted by Crippen LogP contribution is -2.50. The smallest absolute Gasteiger partial charge is 0.314 e. The molecule has 2 heterocycles. The highest BCUT2D eigenvalue weighted by Gasteiger charge is 2.21. The molecule has 1 fully saturated rings. The minimum absolute atomic E-state index is 0.358. The molecule has 1 aromatic heterocycles. The molecule has 2 aromatic carbocycles. The van der Waals surface area contributed by atoms with Crippen LogP contribution in [-0.4, -0.2) is 52.0 Å². The first-order chi connectivity index (χ1) is 13.1. The fourth-order valence-electron chi connectivity index (χ4n) is 3.36. The number of hydrogen-bond donors (Lipinski definition) is 1. The summed E-state index contributed by atoms with van der Waals surface area (Å²) in [4.78, 5) is 24.8. The molecule has 27 heavy (non-hydrogen) atoms. The standard InChI is InChI=1S/C20H20ClN5O/c21-16-7-3-1-5-14(16)19-23-17-8-4-2-6-15(17)18(24-19)13-25-9-11-26(12-10-25)20(22)27/h1-8H,9-13H2,(H2,22,27). The van der Waals surface area contributed by atoms with E-state index in [9.17, 15) is 4.79 Å². The molecule has 1 saturated heterocycles. The van der Waals surface area contributed by atoms with Crippen molar-refractivity contribution < 1.29 is 4.79 Å². The molecule has 0 saturated carbocycles. The van der Waals surface area contributed by atoms with E-state index in [1.54, 1.807) is 4.90 Å². The van der Waals surface area contributed by atoms with Crippen LogP contribution < -0.4 is 5.73 Å². The van der Waals surface area contributed by atoms with Gasteiger partial charge in [0, 0.05) is 43.7 Å². The zero-order valence-electron chi connectivity index (χ0n) is 14.8. The second-order valence-electron chi connectivity index (χ2n) is 6.59. The molecule has 0 atom stereocenters. The summed E-state index contributed by atoms with van der Waals surface area (Å²) in [5.41, 5.74) is 8.05. The average molecular weight is 382 g/mol. The first kappa shape index (κ1) is 17.7. The molecule has 0 spiro atoms. The highest BCUT2D eigenvalue weighted by molar-refractivity contribution is 6.33. The van der Waals surface area contributed by atoms with Gasteiger partial charge in [-0.1, -0.05) is 41.9 Å². The van der Waals surface area contributed by atoms with Crippen LogP contribution >= 0.6 is 11.6 Å². The molecular formula is C20H20ClN5O. The summed E-state index contributed by atoms with van der Waals surface area (Å²) >= 11 is 6.36. The number of nitrogens with zero attached hydrogens (tertiary/aromatic N) is 4. The second kappa shape index (κ2) is 7.50. The van der Waals surface area contributed by atoms with Crippen molar-refractivity contribution in [2.75, 3.05) is 26.2 Å². The molecule has 0 bridgehead atoms. The van der Waals surface area contributed by atoms with E-state index in [4.69, 9.17) is 27.3 Å². The lowest BCUT2D eigenvalue weighted by molar-refractivity contribution is 0.140. The van der Waals surface area contributed by atoms with Gasteiger partial charge in [0.25, 0.3) is 0 Å². The van der Waals surface area contributed by atoms with Crippen molar-refractivity contribution in [3.63, 3.8) is 0 Å². The van der Waals surface area contributed by atoms with Crippen LogP contribution in [0.1, 0.15) is 5.69 Å². The van der Waals surface area contributed by atoms with Gasteiger partial charge in [0.2, 0.25) is 0 Å². The van der Waals surface area contributed by atoms with Crippen molar-refractivity contribution in [3.05, 3.63) is 59.2 Å². The quantitative estimate of drug-likeness (QED) is 0.756. The van der Waals surface area contributed by atoms with Crippen LogP contribution in [-0.2, 0) is 6.54 Å². The van der Waals surface area contributed by atoms with E-state index in [-0.39, 0.29) is 6.03 Å². The number of nitrogens with two attached hydrogens (primary N) is 1. The topological polar surface area (TPSA) is 75.4 Å². The molecule has 1 aliphatic heterocycles. The third kappa shape index (κ3) is 3.72. The molecule has 2 N–H and O–H groups in total. The van der Waals surface area contributed by atoms with E-state index in [2.05, 4.69) is 4.90 Å². The predicted octanol–water partition coefficient (Wildman–Crippen LogP) is 3.15. The summed E-state index contributed by atoms with van der Waals surface area (Å²) < 4.78 is 0. The number of urea groups is 1. The van der Waals surface area contributed by atoms with Crippen molar-refractivity contribution in [3.8, 4) is 11.4 Å². The summed E-state index contributed by atoms with van der Waals surface area (Å²) in [5.74, 6) is 0.630. The van der Waals surface area contributed by atoms with Gasteiger partial charge < -0.3 is 10.6 Å². The summed E-state index contributed by atoms with van der Waals surface area (Å²) in [6, 6.07) is 15.3. The number of benzene rings is 2. The van der Waals surface area contributed by atoms with E-state index in [0.29, 0.717) is 30.5 Å². The van der Waals surface area contributed by atoms with Crippen LogP contribution in [0.25, 0.3) is 22.3 Å². The molecule has 0 aliphatic carbocycles. The van der Waals surface area contributed by atoms with Gasteiger partial charge in [-0.25, -0.2) is 14.8 Å². The number of piperazine rings is 1. The number of halogens is 1. The second-order valence-corrected chi connectivity index (χ2v) is 7.00. The Morgan fingerprint density at radius 3 is 2.44 bits per heavy atom. The van der Waals surface area contributed by atoms with Gasteiger partial charge >= 0.3 is 6.03 Å². The van der Waals surface area contributed by atoms with E-state index in [1.807, 2.05) is 48.5 Å². The number of carbonyl (C=O) groups is 1. The Labute approximate surface area is 162 Å². The Kier molecular flexibility index (Phi) is 4.92. The first-order valence-corrected chi connectivity index (χ1v) is 9.27. The third-order valence-corrected chi connectivity index (χ3v) is 5.18. The Morgan fingerprint density at radius 1 is 1.00 bits per heavy atom. The number of hydrogen-bond acceptors (Lipinski definition) is 4. The minimum Gasteiger partial charge on any atom is -0.351 e. The average Bonchev–Trinajstić information content (AvgIpc) is 2.68. The van der Waals surface area contributed by atoms with E-state index in [1.165, 1.54) is 0 Å². The maximum Gasteiger partial charge on any atom is 0.314 e. The molecule has 3 aromatic rings. The number of aromatic nitrogens is 2. The van der Waals surface area contributed by atoms with Crippen LogP contribution in [0, 0.1) is 0 Å². The summed E-state index contributed by atoms with van der Waals surface area (Å²) in [5, 5.41) is 1.67. The van der Waals surface area contributed by atoms with E-state index in [0.717, 1.165) is 35.2 Å². The fraction of sp³-hybridized carbons (Fsp3) is 0.250. The normalized spacial score (nSPS) is 15.2. The maximum atomic E-state index is 11.3. The summed E-state index contributed by atoms with van der Waals surface area (Å²) in [6.45, 7) is 3.49. The number of fused-ring (bicyclic) bond motifs is 1. The zero-order valence-corrected chi connectivity index (χ0v) is 15.6. The van der Waals surface area contributed by atoms with Gasteiger partial charge in [0.15, 0.2) is 5.82 Å². The number of carbonyl (C=O) groups excluding carboxylic acids is 1. The van der Waals surface area contributed by atoms with E-state index < -0.39 is 0 Å². The highest BCUT2D eigenvalue weighted by Crippen LogP contribution is 2.27. The molecule has 6 nitrogen and oxygen atoms in total. The molecular weight excluding hydrogens is 362 g/mol. The van der Waals surface area contributed by atoms with Gasteiger partial charge in [0.05, 0.1) is 16.2 Å². The van der Waals surface area contributed by atoms with Crippen LogP contribution in [0.5, 0.6) is 0 Å². The Morgan fingerprint density at radius 2 is 1.70 bits per heavy atom. The maximum absolute atomic E-state index is 11.3. The monoisotopic (exact) mass is 381 g/mol. The molecule has 4 rings (SSSR count). The van der Waals surface area contributed by atoms with Crippen molar-refractivity contribution >= 4 is 28.5 Å². The summed E-state index contributed by atoms with van der Waals surface area (Å²) in [7, 11) is 0. The lowest BCUT2D eigenvalue weighted by Gasteiger charge is -2.33. The van der Waals surface area contributed by atoms with Crippen molar-refractivity contribution in [2.45, 2.75) is 6.54 Å². The minimum atomic E-state index is -0.358. The Bertz CT molecular complexity index is 985. The third-order valence-electron chi connectivity index (χ3n) is 4.85. The SMILES string of the molecule is NC(=O)N1CCN(Cc2nc(-c3ccccc3Cl)nc3ccccc23)CC1. The number of para-hydroxylation sites is 1. The molecule has 2 amide bonds. The van der Waals surface area contributed by atoms with Crippen LogP contribution in [0.2, 0.25) is 5.02 Å². The molecule has 0 unspecified atom stereocenters. The van der Waals surface area contributed by atoms with Gasteiger partial charge in [-0.05, 0) is 18.2 Å². The van der Waals surface area contributed by atoms with Crippen molar-refractivity contribution in [1.29, 1.82) is 0 Å². The van der Waals surface area contributed by atoms with Gasteiger partial charge in [-0.2, -0.15) is 0 Å². The van der Waals surface area contributed by atoms with Gasteiger partial charge in [-0.3, -0.25) is 4.90 Å². The zero-order chi connectivity index (χ0) is 18.8. The summed E-state index contributed by atoms with van der Waals surface area (Å²) in [6.07, 6.45) is 0. The molecule has 0 radical (unpaired) electrons. The highest BCUT2D eigenvalue weighted by atomic mass is 35.5. The van der Waals surface area contributed by atoms with Crippen LogP contribution in [0.15, 0.2) is 48.5 Å². The lowest BCUT2D eigenvalue weighted by atomic mass is 10.1. The molecule has 138 valence electrons. The largest absolute Gasteiger partial charge is 0.351 e. The molecule has 7 heteroatoms. The fourth-order valence-corrected chi connectivity index (χ4v) is 3.58. The number of primary amides is 1. The number of rotatable bonds is 3. The van der Waals surface area contributed by atoms with Crippen molar-refractivity contribution in [2.24, 2.45) is 5.73 Å². The Hall–Kier alpha value is -2.70. The first-order valence-electron chi connectivity index (χ1n) is 8.89. The molecule has 1 aliphatic rings. The predicted molar refractivity (Wildman–Crippen MR) is 106 cm³/mol. The van der Waals surface area contributed by atoms with E-state index >= 15 is 0 Å². The van der Waals surface area contributed by atoms with Crippen LogP contribution in [0.3, 0.4) is 0 Å². The van der Waals surface area contributed by atoms with Gasteiger partial charge in [0.1, 0.15) is 0 Å². The van der Waals surface area contributed by atoms with Crippen molar-refractivity contribution in [1.82, 2.24) is 19.8 Å². The number of amides is 2.